The van der Waals surface area contributed by atoms with Crippen molar-refractivity contribution in [3.05, 3.63) is 12.1 Å². The van der Waals surface area contributed by atoms with Crippen LogP contribution < -0.4 is 9.47 Å². The molecule has 0 atom stereocenters. The highest BCUT2D eigenvalue weighted by Crippen LogP contribution is 2.43. The Balaban J connectivity index is 3.02. The van der Waals surface area contributed by atoms with E-state index in [1.54, 1.807) is 0 Å². The number of ether oxygens (including phenoxy) is 2. The van der Waals surface area contributed by atoms with Crippen LogP contribution in [0.5, 0.6) is 23.0 Å². The monoisotopic (exact) mass is 310 g/mol. The van der Waals surface area contributed by atoms with Gasteiger partial charge in [-0.3, -0.25) is 9.59 Å². The Bertz CT molecular complexity index is 499. The molecule has 0 unspecified atom stereocenters. The molecule has 0 saturated carbocycles. The SMILES string of the molecule is CC(C)CC(=O)Oc1c(O)ccc(O)c1OC(=O)CC(C)C. The molecule has 6 heteroatoms. The number of esters is 2. The molecular formula is C16H22O6. The lowest BCUT2D eigenvalue weighted by Gasteiger charge is -2.14. The third-order valence-corrected chi connectivity index (χ3v) is 2.65. The highest BCUT2D eigenvalue weighted by Gasteiger charge is 2.22. The molecule has 0 bridgehead atoms. The number of rotatable bonds is 6. The first-order valence-corrected chi connectivity index (χ1v) is 7.17. The van der Waals surface area contributed by atoms with Crippen LogP contribution in [-0.4, -0.2) is 22.2 Å². The summed E-state index contributed by atoms with van der Waals surface area (Å²) in [5.74, 6) is -2.50. The van der Waals surface area contributed by atoms with Gasteiger partial charge in [0.05, 0.1) is 0 Å². The summed E-state index contributed by atoms with van der Waals surface area (Å²) < 4.78 is 10.1. The van der Waals surface area contributed by atoms with Crippen LogP contribution in [0.1, 0.15) is 40.5 Å². The van der Waals surface area contributed by atoms with E-state index in [1.165, 1.54) is 0 Å². The minimum atomic E-state index is -0.586. The molecule has 0 saturated heterocycles. The zero-order valence-electron chi connectivity index (χ0n) is 13.3. The standard InChI is InChI=1S/C16H22O6/c1-9(2)7-13(19)21-15-11(17)5-6-12(18)16(15)22-14(20)8-10(3)4/h5-6,9-10,17-18H,7-8H2,1-4H3. The summed E-state index contributed by atoms with van der Waals surface area (Å²) in [5.41, 5.74) is 0. The molecule has 0 aliphatic heterocycles. The van der Waals surface area contributed by atoms with E-state index in [2.05, 4.69) is 0 Å². The second kappa shape index (κ2) is 7.68. The quantitative estimate of drug-likeness (QED) is 0.476. The van der Waals surface area contributed by atoms with Crippen molar-refractivity contribution in [1.29, 1.82) is 0 Å². The van der Waals surface area contributed by atoms with Crippen molar-refractivity contribution < 1.29 is 29.3 Å². The summed E-state index contributed by atoms with van der Waals surface area (Å²) in [6.07, 6.45) is 0.267. The molecule has 22 heavy (non-hydrogen) atoms. The van der Waals surface area contributed by atoms with E-state index in [4.69, 9.17) is 9.47 Å². The van der Waals surface area contributed by atoms with E-state index in [0.717, 1.165) is 12.1 Å². The van der Waals surface area contributed by atoms with Crippen LogP contribution in [-0.2, 0) is 9.59 Å². The second-order valence-corrected chi connectivity index (χ2v) is 5.91. The van der Waals surface area contributed by atoms with Gasteiger partial charge in [0.2, 0.25) is 11.5 Å². The van der Waals surface area contributed by atoms with Crippen molar-refractivity contribution in [2.45, 2.75) is 40.5 Å². The normalized spacial score (nSPS) is 10.8. The van der Waals surface area contributed by atoms with Gasteiger partial charge in [-0.1, -0.05) is 27.7 Å². The van der Waals surface area contributed by atoms with Gasteiger partial charge in [-0.05, 0) is 24.0 Å². The van der Waals surface area contributed by atoms with Crippen molar-refractivity contribution >= 4 is 11.9 Å². The van der Waals surface area contributed by atoms with Gasteiger partial charge in [-0.2, -0.15) is 0 Å². The maximum absolute atomic E-state index is 11.7. The van der Waals surface area contributed by atoms with Crippen molar-refractivity contribution in [2.75, 3.05) is 0 Å². The number of carbonyl (C=O) groups excluding carboxylic acids is 2. The molecule has 1 aromatic carbocycles. The smallest absolute Gasteiger partial charge is 0.311 e. The van der Waals surface area contributed by atoms with Crippen LogP contribution in [0.25, 0.3) is 0 Å². The zero-order valence-corrected chi connectivity index (χ0v) is 13.3. The largest absolute Gasteiger partial charge is 0.504 e. The minimum absolute atomic E-state index is 0.0684. The second-order valence-electron chi connectivity index (χ2n) is 5.91. The first kappa shape index (κ1) is 17.8. The molecule has 0 aromatic heterocycles. The fourth-order valence-corrected chi connectivity index (χ4v) is 1.72. The molecule has 0 fully saturated rings. The Morgan fingerprint density at radius 2 is 1.18 bits per heavy atom. The van der Waals surface area contributed by atoms with E-state index >= 15 is 0 Å². The van der Waals surface area contributed by atoms with Crippen LogP contribution in [0.3, 0.4) is 0 Å². The lowest BCUT2D eigenvalue weighted by Crippen LogP contribution is -2.14. The topological polar surface area (TPSA) is 93.1 Å². The molecule has 1 aromatic rings. The van der Waals surface area contributed by atoms with Crippen molar-refractivity contribution in [3.8, 4) is 23.0 Å². The van der Waals surface area contributed by atoms with Crippen molar-refractivity contribution in [1.82, 2.24) is 0 Å². The molecule has 0 radical (unpaired) electrons. The van der Waals surface area contributed by atoms with Gasteiger partial charge >= 0.3 is 11.9 Å². The fraction of sp³-hybridized carbons (Fsp3) is 0.500. The molecule has 0 aliphatic rings. The summed E-state index contributed by atoms with van der Waals surface area (Å²) in [5, 5.41) is 19.6. The van der Waals surface area contributed by atoms with Gasteiger partial charge in [-0.15, -0.1) is 0 Å². The average Bonchev–Trinajstić information content (AvgIpc) is 2.36. The van der Waals surface area contributed by atoms with Crippen LogP contribution in [0.2, 0.25) is 0 Å². The number of hydrogen-bond acceptors (Lipinski definition) is 6. The van der Waals surface area contributed by atoms with E-state index in [-0.39, 0.29) is 47.7 Å². The molecule has 122 valence electrons. The number of benzene rings is 1. The number of phenols is 2. The predicted octanol–water partition coefficient (Wildman–Crippen LogP) is 3.00. The average molecular weight is 310 g/mol. The maximum Gasteiger partial charge on any atom is 0.311 e. The summed E-state index contributed by atoms with van der Waals surface area (Å²) in [4.78, 5) is 23.5. The first-order chi connectivity index (χ1) is 10.2. The Labute approximate surface area is 129 Å². The molecule has 2 N–H and O–H groups in total. The number of phenolic OH excluding ortho intramolecular Hbond substituents is 2. The summed E-state index contributed by atoms with van der Waals surface area (Å²) in [7, 11) is 0. The molecule has 0 amide bonds. The maximum atomic E-state index is 11.7. The van der Waals surface area contributed by atoms with Crippen LogP contribution >= 0.6 is 0 Å². The van der Waals surface area contributed by atoms with Gasteiger partial charge < -0.3 is 19.7 Å². The van der Waals surface area contributed by atoms with E-state index in [0.29, 0.717) is 0 Å². The van der Waals surface area contributed by atoms with Gasteiger partial charge in [0, 0.05) is 12.8 Å². The molecule has 0 heterocycles. The van der Waals surface area contributed by atoms with Gasteiger partial charge in [-0.25, -0.2) is 0 Å². The molecule has 1 rings (SSSR count). The third-order valence-electron chi connectivity index (χ3n) is 2.65. The van der Waals surface area contributed by atoms with Gasteiger partial charge in [0.1, 0.15) is 0 Å². The first-order valence-electron chi connectivity index (χ1n) is 7.17. The van der Waals surface area contributed by atoms with Gasteiger partial charge in [0.15, 0.2) is 11.5 Å². The third kappa shape index (κ3) is 5.27. The van der Waals surface area contributed by atoms with Crippen molar-refractivity contribution in [3.63, 3.8) is 0 Å². The molecule has 6 nitrogen and oxygen atoms in total. The lowest BCUT2D eigenvalue weighted by atomic mass is 10.1. The minimum Gasteiger partial charge on any atom is -0.504 e. The van der Waals surface area contributed by atoms with E-state index in [9.17, 15) is 19.8 Å². The Hall–Kier alpha value is -2.24. The van der Waals surface area contributed by atoms with Gasteiger partial charge in [0.25, 0.3) is 0 Å². The molecule has 0 aliphatic carbocycles. The molecule has 0 spiro atoms. The lowest BCUT2D eigenvalue weighted by molar-refractivity contribution is -0.138. The summed E-state index contributed by atoms with van der Waals surface area (Å²) in [6.45, 7) is 7.36. The highest BCUT2D eigenvalue weighted by atomic mass is 16.6. The Morgan fingerprint density at radius 3 is 1.45 bits per heavy atom. The van der Waals surface area contributed by atoms with Crippen LogP contribution in [0.15, 0.2) is 12.1 Å². The zero-order chi connectivity index (χ0) is 16.9. The Kier molecular flexibility index (Phi) is 6.22. The fourth-order valence-electron chi connectivity index (χ4n) is 1.72. The van der Waals surface area contributed by atoms with Crippen LogP contribution in [0.4, 0.5) is 0 Å². The predicted molar refractivity (Wildman–Crippen MR) is 80.0 cm³/mol. The number of aromatic hydroxyl groups is 2. The number of carbonyl (C=O) groups is 2. The Morgan fingerprint density at radius 1 is 0.864 bits per heavy atom. The summed E-state index contributed by atoms with van der Waals surface area (Å²) in [6, 6.07) is 2.32. The summed E-state index contributed by atoms with van der Waals surface area (Å²) >= 11 is 0. The van der Waals surface area contributed by atoms with E-state index in [1.807, 2.05) is 27.7 Å². The van der Waals surface area contributed by atoms with Crippen LogP contribution in [0, 0.1) is 11.8 Å². The number of hydrogen-bond donors (Lipinski definition) is 2. The highest BCUT2D eigenvalue weighted by molar-refractivity contribution is 5.79. The molecular weight excluding hydrogens is 288 g/mol. The van der Waals surface area contributed by atoms with Crippen molar-refractivity contribution in [2.24, 2.45) is 11.8 Å². The van der Waals surface area contributed by atoms with E-state index < -0.39 is 11.9 Å².